The molecule has 3 aromatic rings. The molecule has 0 saturated heterocycles. The van der Waals surface area contributed by atoms with Gasteiger partial charge < -0.3 is 20.5 Å². The van der Waals surface area contributed by atoms with E-state index < -0.39 is 17.9 Å². The Bertz CT molecular complexity index is 1160. The van der Waals surface area contributed by atoms with Gasteiger partial charge in [-0.25, -0.2) is 4.79 Å². The van der Waals surface area contributed by atoms with Crippen LogP contribution in [0.5, 0.6) is 0 Å². The van der Waals surface area contributed by atoms with E-state index in [0.29, 0.717) is 37.0 Å². The van der Waals surface area contributed by atoms with Crippen LogP contribution in [-0.4, -0.2) is 57.5 Å². The number of amides is 1. The number of carbonyl (C=O) groups excluding carboxylic acids is 1. The van der Waals surface area contributed by atoms with E-state index in [2.05, 4.69) is 21.8 Å². The van der Waals surface area contributed by atoms with Crippen LogP contribution in [0, 0.1) is 0 Å². The number of hydrogen-bond acceptors (Lipinski definition) is 6. The Balaban J connectivity index is 1.18. The Morgan fingerprint density at radius 1 is 1.24 bits per heavy atom. The molecule has 9 heteroatoms. The van der Waals surface area contributed by atoms with Gasteiger partial charge in [0.15, 0.2) is 0 Å². The summed E-state index contributed by atoms with van der Waals surface area (Å²) in [5, 5.41) is 20.5. The van der Waals surface area contributed by atoms with Crippen molar-refractivity contribution in [2.24, 2.45) is 7.05 Å². The van der Waals surface area contributed by atoms with Crippen molar-refractivity contribution in [1.82, 2.24) is 20.1 Å². The summed E-state index contributed by atoms with van der Waals surface area (Å²) in [6.45, 7) is 2.12. The normalized spacial score (nSPS) is 13.8. The van der Waals surface area contributed by atoms with Crippen molar-refractivity contribution in [3.63, 3.8) is 0 Å². The molecule has 0 saturated carbocycles. The first-order valence-corrected chi connectivity index (χ1v) is 11.8. The lowest BCUT2D eigenvalue weighted by Gasteiger charge is -2.17. The van der Waals surface area contributed by atoms with Crippen LogP contribution < -0.4 is 10.6 Å². The van der Waals surface area contributed by atoms with E-state index in [1.54, 1.807) is 30.1 Å². The van der Waals surface area contributed by atoms with Gasteiger partial charge in [-0.3, -0.25) is 14.5 Å². The van der Waals surface area contributed by atoms with Crippen LogP contribution in [-0.2, 0) is 29.4 Å². The summed E-state index contributed by atoms with van der Waals surface area (Å²) in [5.41, 5.74) is 4.53. The zero-order valence-electron chi connectivity index (χ0n) is 19.4. The van der Waals surface area contributed by atoms with Crippen LogP contribution in [0.15, 0.2) is 36.5 Å². The smallest absolute Gasteiger partial charge is 0.326 e. The molecule has 3 heterocycles. The van der Waals surface area contributed by atoms with Crippen LogP contribution in [0.2, 0.25) is 0 Å². The fraction of sp³-hybridized carbons (Fsp3) is 0.440. The molecule has 34 heavy (non-hydrogen) atoms. The van der Waals surface area contributed by atoms with Gasteiger partial charge in [-0.05, 0) is 56.4 Å². The summed E-state index contributed by atoms with van der Waals surface area (Å²) < 4.78 is 7.41. The van der Waals surface area contributed by atoms with Crippen molar-refractivity contribution in [3.05, 3.63) is 53.5 Å². The number of pyridine rings is 1. The minimum Gasteiger partial charge on any atom is -0.480 e. The Morgan fingerprint density at radius 2 is 2.12 bits per heavy atom. The summed E-state index contributed by atoms with van der Waals surface area (Å²) in [5.74, 6) is -1.45. The quantitative estimate of drug-likeness (QED) is 0.373. The van der Waals surface area contributed by atoms with Gasteiger partial charge in [-0.1, -0.05) is 6.07 Å². The lowest BCUT2D eigenvalue weighted by Crippen LogP contribution is -2.40. The average molecular weight is 466 g/mol. The number of aliphatic carboxylic acids is 1. The van der Waals surface area contributed by atoms with E-state index in [4.69, 9.17) is 9.72 Å². The largest absolute Gasteiger partial charge is 0.480 e. The van der Waals surface area contributed by atoms with Gasteiger partial charge in [0.1, 0.15) is 6.04 Å². The molecule has 0 unspecified atom stereocenters. The van der Waals surface area contributed by atoms with Gasteiger partial charge in [-0.2, -0.15) is 5.10 Å². The fourth-order valence-corrected chi connectivity index (χ4v) is 4.22. The Labute approximate surface area is 198 Å². The van der Waals surface area contributed by atoms with Crippen LogP contribution >= 0.6 is 0 Å². The van der Waals surface area contributed by atoms with Gasteiger partial charge in [0.25, 0.3) is 5.91 Å². The Hall–Kier alpha value is -3.46. The molecule has 0 aliphatic carbocycles. The number of aryl methyl sites for hydroxylation is 2. The summed E-state index contributed by atoms with van der Waals surface area (Å²) in [4.78, 5) is 29.1. The summed E-state index contributed by atoms with van der Waals surface area (Å²) in [6.07, 6.45) is 6.19. The molecule has 1 atom stereocenters. The number of fused-ring (bicyclic) bond motifs is 2. The molecule has 1 aliphatic heterocycles. The van der Waals surface area contributed by atoms with Crippen molar-refractivity contribution < 1.29 is 19.4 Å². The highest BCUT2D eigenvalue weighted by Crippen LogP contribution is 2.20. The molecule has 1 amide bonds. The fourth-order valence-electron chi connectivity index (χ4n) is 4.22. The standard InChI is InChI=1S/C25H31N5O4/c1-30-23-9-4-6-18(19(23)16-27-30)24(31)29-22(25(32)33)7-2-3-14-34-15-12-17-10-11-20-21(28-17)8-5-13-26-20/h4,6,9-11,16,22,26H,2-3,5,7-8,12-15H2,1H3,(H,29,31)(H,32,33)/t22-/m0/s1. The van der Waals surface area contributed by atoms with Crippen molar-refractivity contribution in [2.45, 2.75) is 44.6 Å². The van der Waals surface area contributed by atoms with Crippen molar-refractivity contribution in [1.29, 1.82) is 0 Å². The predicted molar refractivity (Wildman–Crippen MR) is 129 cm³/mol. The predicted octanol–water partition coefficient (Wildman–Crippen LogP) is 2.94. The zero-order chi connectivity index (χ0) is 23.9. The van der Waals surface area contributed by atoms with E-state index in [1.807, 2.05) is 12.1 Å². The maximum absolute atomic E-state index is 12.7. The Morgan fingerprint density at radius 3 is 2.97 bits per heavy atom. The third-order valence-corrected chi connectivity index (χ3v) is 6.11. The van der Waals surface area contributed by atoms with Gasteiger partial charge >= 0.3 is 5.97 Å². The van der Waals surface area contributed by atoms with Gasteiger partial charge in [0.2, 0.25) is 0 Å². The number of unbranched alkanes of at least 4 members (excludes halogenated alkanes) is 1. The molecule has 0 bridgehead atoms. The van der Waals surface area contributed by atoms with Gasteiger partial charge in [0.05, 0.1) is 35.3 Å². The SMILES string of the molecule is Cn1ncc2c(C(=O)N[C@@H](CCCCOCCc3ccc4c(n3)CCCN4)C(=O)O)cccc21. The van der Waals surface area contributed by atoms with Crippen molar-refractivity contribution in [3.8, 4) is 0 Å². The monoisotopic (exact) mass is 465 g/mol. The third kappa shape index (κ3) is 5.72. The number of carboxylic acid groups (broad SMARTS) is 1. The number of aromatic nitrogens is 3. The lowest BCUT2D eigenvalue weighted by atomic mass is 10.1. The molecule has 1 aliphatic rings. The van der Waals surface area contributed by atoms with Crippen molar-refractivity contribution in [2.75, 3.05) is 25.1 Å². The minimum absolute atomic E-state index is 0.340. The molecule has 9 nitrogen and oxygen atoms in total. The van der Waals surface area contributed by atoms with Crippen molar-refractivity contribution >= 4 is 28.5 Å². The number of anilines is 1. The second-order valence-electron chi connectivity index (χ2n) is 8.56. The zero-order valence-corrected chi connectivity index (χ0v) is 19.4. The minimum atomic E-state index is -1.04. The number of ether oxygens (including phenoxy) is 1. The summed E-state index contributed by atoms with van der Waals surface area (Å²) in [6, 6.07) is 8.49. The number of nitrogens with one attached hydrogen (secondary N) is 2. The first-order chi connectivity index (χ1) is 16.5. The molecule has 0 spiro atoms. The highest BCUT2D eigenvalue weighted by Gasteiger charge is 2.22. The number of hydrogen-bond donors (Lipinski definition) is 3. The summed E-state index contributed by atoms with van der Waals surface area (Å²) in [7, 11) is 1.80. The van der Waals surface area contributed by atoms with E-state index in [-0.39, 0.29) is 0 Å². The number of carboxylic acids is 1. The van der Waals surface area contributed by atoms with E-state index in [1.165, 1.54) is 0 Å². The second-order valence-corrected chi connectivity index (χ2v) is 8.56. The number of carbonyl (C=O) groups is 2. The Kier molecular flexibility index (Phi) is 7.74. The highest BCUT2D eigenvalue weighted by molar-refractivity contribution is 6.07. The molecule has 4 rings (SSSR count). The van der Waals surface area contributed by atoms with E-state index in [0.717, 1.165) is 54.8 Å². The second kappa shape index (κ2) is 11.1. The van der Waals surface area contributed by atoms with E-state index in [9.17, 15) is 14.7 Å². The van der Waals surface area contributed by atoms with Crippen LogP contribution in [0.25, 0.3) is 10.9 Å². The first-order valence-electron chi connectivity index (χ1n) is 11.8. The van der Waals surface area contributed by atoms with Gasteiger partial charge in [0, 0.05) is 37.7 Å². The number of nitrogens with zero attached hydrogens (tertiary/aromatic N) is 3. The molecule has 180 valence electrons. The number of rotatable bonds is 11. The van der Waals surface area contributed by atoms with Gasteiger partial charge in [-0.15, -0.1) is 0 Å². The molecular weight excluding hydrogens is 434 g/mol. The third-order valence-electron chi connectivity index (χ3n) is 6.11. The molecule has 0 fully saturated rings. The highest BCUT2D eigenvalue weighted by atomic mass is 16.5. The first kappa shape index (κ1) is 23.7. The summed E-state index contributed by atoms with van der Waals surface area (Å²) >= 11 is 0. The van der Waals surface area contributed by atoms with Crippen LogP contribution in [0.3, 0.4) is 0 Å². The van der Waals surface area contributed by atoms with Crippen LogP contribution in [0.1, 0.15) is 47.4 Å². The molecule has 2 aromatic heterocycles. The molecule has 0 radical (unpaired) electrons. The van der Waals surface area contributed by atoms with E-state index >= 15 is 0 Å². The number of benzene rings is 1. The maximum Gasteiger partial charge on any atom is 0.326 e. The average Bonchev–Trinajstić information content (AvgIpc) is 3.23. The molecular formula is C25H31N5O4. The van der Waals surface area contributed by atoms with Crippen LogP contribution in [0.4, 0.5) is 5.69 Å². The molecule has 1 aromatic carbocycles. The lowest BCUT2D eigenvalue weighted by molar-refractivity contribution is -0.139. The topological polar surface area (TPSA) is 118 Å². The molecule has 3 N–H and O–H groups in total. The maximum atomic E-state index is 12.7.